The summed E-state index contributed by atoms with van der Waals surface area (Å²) >= 11 is 0. The molecule has 5 nitrogen and oxygen atoms in total. The van der Waals surface area contributed by atoms with Gasteiger partial charge in [-0.15, -0.1) is 0 Å². The van der Waals surface area contributed by atoms with Gasteiger partial charge in [0.15, 0.2) is 0 Å². The van der Waals surface area contributed by atoms with Gasteiger partial charge in [-0.25, -0.2) is 4.98 Å². The molecule has 1 aromatic rings. The molecule has 1 aliphatic carbocycles. The summed E-state index contributed by atoms with van der Waals surface area (Å²) < 4.78 is 1.76. The van der Waals surface area contributed by atoms with Crippen LogP contribution in [0.25, 0.3) is 0 Å². The van der Waals surface area contributed by atoms with Crippen LogP contribution in [0.15, 0.2) is 17.2 Å². The third-order valence-corrected chi connectivity index (χ3v) is 5.71. The zero-order valence-corrected chi connectivity index (χ0v) is 15.1. The summed E-state index contributed by atoms with van der Waals surface area (Å²) in [5.41, 5.74) is 0.493. The van der Waals surface area contributed by atoms with Crippen molar-refractivity contribution in [3.63, 3.8) is 0 Å². The van der Waals surface area contributed by atoms with Crippen LogP contribution in [0.1, 0.15) is 64.0 Å². The van der Waals surface area contributed by atoms with Crippen LogP contribution in [0.2, 0.25) is 0 Å². The van der Waals surface area contributed by atoms with E-state index in [0.717, 1.165) is 70.4 Å². The molecule has 2 aliphatic rings. The Hall–Kier alpha value is -1.20. The Morgan fingerprint density at radius 3 is 2.54 bits per heavy atom. The number of piperidine rings is 1. The molecular weight excluding hydrogens is 302 g/mol. The number of likely N-dealkylation sites (tertiary alicyclic amines) is 1. The van der Waals surface area contributed by atoms with Crippen LogP contribution < -0.4 is 5.56 Å². The topological polar surface area (TPSA) is 58.4 Å². The number of hydrogen-bond donors (Lipinski definition) is 1. The first-order valence-corrected chi connectivity index (χ1v) is 9.46. The summed E-state index contributed by atoms with van der Waals surface area (Å²) in [6.45, 7) is 7.76. The highest BCUT2D eigenvalue weighted by Gasteiger charge is 2.34. The van der Waals surface area contributed by atoms with Gasteiger partial charge in [0.05, 0.1) is 17.6 Å². The number of β-amino-alcohol motifs (C(OH)–C–C–N with tert-alkyl or cyclic N) is 1. The lowest BCUT2D eigenvalue weighted by atomic mass is 9.94. The van der Waals surface area contributed by atoms with E-state index in [1.165, 1.54) is 0 Å². The fraction of sp³-hybridized carbons (Fsp3) is 0.789. The average molecular weight is 333 g/mol. The molecule has 0 radical (unpaired) electrons. The van der Waals surface area contributed by atoms with E-state index in [0.29, 0.717) is 5.92 Å². The molecule has 1 saturated heterocycles. The van der Waals surface area contributed by atoms with Gasteiger partial charge in [0, 0.05) is 19.2 Å². The molecule has 2 fully saturated rings. The second kappa shape index (κ2) is 7.36. The molecule has 24 heavy (non-hydrogen) atoms. The molecule has 2 heterocycles. The van der Waals surface area contributed by atoms with Gasteiger partial charge in [-0.3, -0.25) is 9.36 Å². The summed E-state index contributed by atoms with van der Waals surface area (Å²) in [5, 5.41) is 10.6. The predicted molar refractivity (Wildman–Crippen MR) is 95.2 cm³/mol. The molecule has 1 aliphatic heterocycles. The lowest BCUT2D eigenvalue weighted by molar-refractivity contribution is -0.000619. The van der Waals surface area contributed by atoms with Crippen LogP contribution in [0, 0.1) is 5.92 Å². The SMILES string of the molecule is CC(C)c1cc(=O)n(CC2CCN(CC3(O)CCCC3)CC2)cn1. The number of hydrogen-bond acceptors (Lipinski definition) is 4. The van der Waals surface area contributed by atoms with E-state index in [1.807, 2.05) is 0 Å². The van der Waals surface area contributed by atoms with Gasteiger partial charge in [0.25, 0.3) is 5.56 Å². The molecule has 0 unspecified atom stereocenters. The molecule has 3 rings (SSSR count). The van der Waals surface area contributed by atoms with Gasteiger partial charge in [0.1, 0.15) is 0 Å². The van der Waals surface area contributed by atoms with E-state index in [1.54, 1.807) is 17.0 Å². The maximum atomic E-state index is 12.2. The average Bonchev–Trinajstić information content (AvgIpc) is 2.97. The second-order valence-corrected chi connectivity index (χ2v) is 8.11. The molecule has 0 amide bonds. The van der Waals surface area contributed by atoms with E-state index in [4.69, 9.17) is 0 Å². The highest BCUT2D eigenvalue weighted by molar-refractivity contribution is 5.04. The van der Waals surface area contributed by atoms with Crippen LogP contribution in [-0.4, -0.2) is 44.8 Å². The molecular formula is C19H31N3O2. The number of rotatable bonds is 5. The van der Waals surface area contributed by atoms with E-state index in [2.05, 4.69) is 23.7 Å². The third-order valence-electron chi connectivity index (χ3n) is 5.71. The summed E-state index contributed by atoms with van der Waals surface area (Å²) in [4.78, 5) is 19.1. The normalized spacial score (nSPS) is 22.3. The molecule has 1 aromatic heterocycles. The van der Waals surface area contributed by atoms with E-state index in [-0.39, 0.29) is 11.5 Å². The molecule has 134 valence electrons. The van der Waals surface area contributed by atoms with Gasteiger partial charge < -0.3 is 10.0 Å². The van der Waals surface area contributed by atoms with Crippen molar-refractivity contribution in [3.05, 3.63) is 28.4 Å². The Labute approximate surface area is 144 Å². The third kappa shape index (κ3) is 4.25. The fourth-order valence-corrected chi connectivity index (χ4v) is 4.11. The summed E-state index contributed by atoms with van der Waals surface area (Å²) in [6.07, 6.45) is 8.13. The molecule has 0 bridgehead atoms. The fourth-order valence-electron chi connectivity index (χ4n) is 4.11. The van der Waals surface area contributed by atoms with Crippen molar-refractivity contribution in [2.24, 2.45) is 5.92 Å². The highest BCUT2D eigenvalue weighted by atomic mass is 16.3. The molecule has 0 aromatic carbocycles. The van der Waals surface area contributed by atoms with Crippen molar-refractivity contribution in [2.75, 3.05) is 19.6 Å². The molecule has 0 atom stereocenters. The van der Waals surface area contributed by atoms with Crippen molar-refractivity contribution in [1.82, 2.24) is 14.5 Å². The van der Waals surface area contributed by atoms with E-state index >= 15 is 0 Å². The smallest absolute Gasteiger partial charge is 0.253 e. The van der Waals surface area contributed by atoms with Crippen molar-refractivity contribution >= 4 is 0 Å². The minimum atomic E-state index is -0.444. The van der Waals surface area contributed by atoms with E-state index < -0.39 is 5.60 Å². The second-order valence-electron chi connectivity index (χ2n) is 8.11. The van der Waals surface area contributed by atoms with Crippen LogP contribution in [0.3, 0.4) is 0 Å². The summed E-state index contributed by atoms with van der Waals surface area (Å²) in [7, 11) is 0. The van der Waals surface area contributed by atoms with Gasteiger partial charge in [-0.2, -0.15) is 0 Å². The monoisotopic (exact) mass is 333 g/mol. The Morgan fingerprint density at radius 1 is 1.29 bits per heavy atom. The van der Waals surface area contributed by atoms with Crippen molar-refractivity contribution in [3.8, 4) is 0 Å². The lowest BCUT2D eigenvalue weighted by Gasteiger charge is -2.36. The van der Waals surface area contributed by atoms with Crippen LogP contribution in [0.4, 0.5) is 0 Å². The maximum absolute atomic E-state index is 12.2. The molecule has 0 spiro atoms. The first kappa shape index (κ1) is 17.6. The van der Waals surface area contributed by atoms with Gasteiger partial charge in [0.2, 0.25) is 0 Å². The Kier molecular flexibility index (Phi) is 5.40. The van der Waals surface area contributed by atoms with Gasteiger partial charge in [-0.1, -0.05) is 26.7 Å². The molecule has 5 heteroatoms. The molecule has 1 saturated carbocycles. The zero-order chi connectivity index (χ0) is 17.2. The number of aliphatic hydroxyl groups is 1. The minimum absolute atomic E-state index is 0.0661. The van der Waals surface area contributed by atoms with Crippen molar-refractivity contribution in [1.29, 1.82) is 0 Å². The molecule has 1 N–H and O–H groups in total. The predicted octanol–water partition coefficient (Wildman–Crippen LogP) is 2.38. The van der Waals surface area contributed by atoms with Crippen LogP contribution in [0.5, 0.6) is 0 Å². The van der Waals surface area contributed by atoms with Gasteiger partial charge >= 0.3 is 0 Å². The van der Waals surface area contributed by atoms with Gasteiger partial charge in [-0.05, 0) is 50.6 Å². The Balaban J connectivity index is 1.51. The van der Waals surface area contributed by atoms with Crippen LogP contribution in [-0.2, 0) is 6.54 Å². The van der Waals surface area contributed by atoms with Crippen molar-refractivity contribution in [2.45, 2.75) is 70.4 Å². The number of nitrogens with zero attached hydrogens (tertiary/aromatic N) is 3. The first-order valence-electron chi connectivity index (χ1n) is 9.46. The highest BCUT2D eigenvalue weighted by Crippen LogP contribution is 2.31. The first-order chi connectivity index (χ1) is 11.5. The summed E-state index contributed by atoms with van der Waals surface area (Å²) in [5.74, 6) is 0.820. The van der Waals surface area contributed by atoms with E-state index in [9.17, 15) is 9.90 Å². The minimum Gasteiger partial charge on any atom is -0.389 e. The number of aromatic nitrogens is 2. The largest absolute Gasteiger partial charge is 0.389 e. The Bertz CT molecular complexity index is 597. The Morgan fingerprint density at radius 2 is 1.96 bits per heavy atom. The summed E-state index contributed by atoms with van der Waals surface area (Å²) in [6, 6.07) is 1.68. The van der Waals surface area contributed by atoms with Crippen LogP contribution >= 0.6 is 0 Å². The zero-order valence-electron chi connectivity index (χ0n) is 15.1. The maximum Gasteiger partial charge on any atom is 0.253 e. The quantitative estimate of drug-likeness (QED) is 0.899. The van der Waals surface area contributed by atoms with Crippen molar-refractivity contribution < 1.29 is 5.11 Å². The lowest BCUT2D eigenvalue weighted by Crippen LogP contribution is -2.45. The standard InChI is InChI=1S/C19H31N3O2/c1-15(2)17-11-18(23)22(14-20-17)12-16-5-9-21(10-6-16)13-19(24)7-3-4-8-19/h11,14-16,24H,3-10,12-13H2,1-2H3.